The van der Waals surface area contributed by atoms with Crippen molar-refractivity contribution in [1.82, 2.24) is 10.2 Å². The van der Waals surface area contributed by atoms with E-state index in [0.717, 1.165) is 24.8 Å². The minimum atomic E-state index is 0.479. The van der Waals surface area contributed by atoms with Gasteiger partial charge in [0.15, 0.2) is 0 Å². The number of hydrogen-bond acceptors (Lipinski definition) is 3. The van der Waals surface area contributed by atoms with Crippen LogP contribution < -0.4 is 10.1 Å². The Hall–Kier alpha value is -1.06. The van der Waals surface area contributed by atoms with Crippen LogP contribution in [0, 0.1) is 0 Å². The Balaban J connectivity index is 1.50. The smallest absolute Gasteiger partial charge is 0.124 e. The van der Waals surface area contributed by atoms with Crippen molar-refractivity contribution < 1.29 is 4.74 Å². The van der Waals surface area contributed by atoms with Crippen molar-refractivity contribution in [2.24, 2.45) is 0 Å². The molecule has 3 aliphatic heterocycles. The summed E-state index contributed by atoms with van der Waals surface area (Å²) in [5.41, 5.74) is 1.35. The molecule has 4 rings (SSSR count). The fourth-order valence-corrected chi connectivity index (χ4v) is 4.22. The Bertz CT molecular complexity index is 476. The first-order valence-corrected chi connectivity index (χ1v) is 8.13. The maximum atomic E-state index is 5.77. The summed E-state index contributed by atoms with van der Waals surface area (Å²) in [5, 5.41) is 3.95. The van der Waals surface area contributed by atoms with Gasteiger partial charge in [0, 0.05) is 36.7 Å². The summed E-state index contributed by atoms with van der Waals surface area (Å²) in [6.07, 6.45) is 6.58. The lowest BCUT2D eigenvalue weighted by Gasteiger charge is -2.35. The van der Waals surface area contributed by atoms with Gasteiger partial charge in [-0.25, -0.2) is 0 Å². The lowest BCUT2D eigenvalue weighted by molar-refractivity contribution is 0.169. The molecular weight excluding hydrogens is 248 g/mol. The molecule has 3 unspecified atom stereocenters. The van der Waals surface area contributed by atoms with Crippen molar-refractivity contribution in [1.29, 1.82) is 0 Å². The van der Waals surface area contributed by atoms with Gasteiger partial charge < -0.3 is 10.1 Å². The van der Waals surface area contributed by atoms with Crippen LogP contribution in [0.5, 0.6) is 5.75 Å². The van der Waals surface area contributed by atoms with Gasteiger partial charge in [0.05, 0.1) is 6.61 Å². The average Bonchev–Trinajstić information content (AvgIpc) is 2.91. The maximum Gasteiger partial charge on any atom is 0.124 e. The third-order valence-corrected chi connectivity index (χ3v) is 5.23. The van der Waals surface area contributed by atoms with Gasteiger partial charge >= 0.3 is 0 Å². The predicted molar refractivity (Wildman–Crippen MR) is 80.0 cm³/mol. The lowest BCUT2D eigenvalue weighted by atomic mass is 9.95. The third kappa shape index (κ3) is 2.23. The minimum Gasteiger partial charge on any atom is -0.493 e. The molecule has 2 fully saturated rings. The maximum absolute atomic E-state index is 5.77. The first kappa shape index (κ1) is 12.7. The molecule has 3 heterocycles. The second-order valence-corrected chi connectivity index (χ2v) is 6.39. The highest BCUT2D eigenvalue weighted by Gasteiger charge is 2.37. The zero-order valence-corrected chi connectivity index (χ0v) is 12.1. The molecule has 1 N–H and O–H groups in total. The molecule has 0 amide bonds. The van der Waals surface area contributed by atoms with Crippen molar-refractivity contribution in [2.45, 2.75) is 50.2 Å². The Kier molecular flexibility index (Phi) is 3.41. The second kappa shape index (κ2) is 5.38. The first-order valence-electron chi connectivity index (χ1n) is 8.13. The summed E-state index contributed by atoms with van der Waals surface area (Å²) >= 11 is 0. The molecule has 1 aromatic rings. The number of hydrogen-bond donors (Lipinski definition) is 1. The van der Waals surface area contributed by atoms with Gasteiger partial charge in [0.1, 0.15) is 5.75 Å². The van der Waals surface area contributed by atoms with E-state index in [-0.39, 0.29) is 0 Å². The number of nitrogens with zero attached hydrogens (tertiary/aromatic N) is 1. The fraction of sp³-hybridized carbons (Fsp3) is 0.647. The Morgan fingerprint density at radius 3 is 3.00 bits per heavy atom. The van der Waals surface area contributed by atoms with E-state index < -0.39 is 0 Å². The molecule has 20 heavy (non-hydrogen) atoms. The number of benzene rings is 1. The highest BCUT2D eigenvalue weighted by molar-refractivity contribution is 5.37. The number of nitrogens with one attached hydrogen (secondary N) is 1. The van der Waals surface area contributed by atoms with E-state index in [1.54, 1.807) is 0 Å². The summed E-state index contributed by atoms with van der Waals surface area (Å²) in [4.78, 5) is 2.70. The van der Waals surface area contributed by atoms with E-state index in [1.807, 2.05) is 0 Å². The average molecular weight is 272 g/mol. The predicted octanol–water partition coefficient (Wildman–Crippen LogP) is 2.73. The molecule has 0 bridgehead atoms. The second-order valence-electron chi connectivity index (χ2n) is 6.39. The van der Waals surface area contributed by atoms with E-state index >= 15 is 0 Å². The monoisotopic (exact) mass is 272 g/mol. The van der Waals surface area contributed by atoms with Crippen molar-refractivity contribution in [3.63, 3.8) is 0 Å². The number of fused-ring (bicyclic) bond motifs is 2. The zero-order chi connectivity index (χ0) is 13.4. The number of rotatable bonds is 2. The van der Waals surface area contributed by atoms with Gasteiger partial charge in [0.25, 0.3) is 0 Å². The molecular formula is C17H24N2O. The topological polar surface area (TPSA) is 24.5 Å². The zero-order valence-electron chi connectivity index (χ0n) is 12.1. The summed E-state index contributed by atoms with van der Waals surface area (Å²) in [7, 11) is 0. The van der Waals surface area contributed by atoms with Gasteiger partial charge in [-0.05, 0) is 31.9 Å². The van der Waals surface area contributed by atoms with Crippen LogP contribution in [0.25, 0.3) is 0 Å². The summed E-state index contributed by atoms with van der Waals surface area (Å²) < 4.78 is 5.77. The Morgan fingerprint density at radius 2 is 2.00 bits per heavy atom. The van der Waals surface area contributed by atoms with Crippen molar-refractivity contribution in [3.8, 4) is 5.75 Å². The van der Waals surface area contributed by atoms with Crippen LogP contribution in [0.1, 0.15) is 43.7 Å². The molecule has 3 aliphatic rings. The van der Waals surface area contributed by atoms with Crippen LogP contribution >= 0.6 is 0 Å². The van der Waals surface area contributed by atoms with Gasteiger partial charge in [-0.2, -0.15) is 0 Å². The van der Waals surface area contributed by atoms with Crippen molar-refractivity contribution in [2.75, 3.05) is 19.7 Å². The van der Waals surface area contributed by atoms with Crippen LogP contribution in [0.3, 0.4) is 0 Å². The van der Waals surface area contributed by atoms with E-state index in [4.69, 9.17) is 4.74 Å². The van der Waals surface area contributed by atoms with Gasteiger partial charge in [-0.1, -0.05) is 24.6 Å². The van der Waals surface area contributed by atoms with Crippen LogP contribution in [0.4, 0.5) is 0 Å². The molecule has 3 nitrogen and oxygen atoms in total. The molecule has 2 saturated heterocycles. The highest BCUT2D eigenvalue weighted by Crippen LogP contribution is 2.34. The number of piperidine rings is 1. The molecule has 0 aliphatic carbocycles. The number of ether oxygens (including phenoxy) is 1. The van der Waals surface area contributed by atoms with Crippen LogP contribution in [0.2, 0.25) is 0 Å². The molecule has 108 valence electrons. The molecule has 3 heteroatoms. The quantitative estimate of drug-likeness (QED) is 0.896. The Labute approximate surface area is 121 Å². The molecule has 0 spiro atoms. The molecule has 0 aromatic heterocycles. The molecule has 1 aromatic carbocycles. The van der Waals surface area contributed by atoms with Gasteiger partial charge in [0.2, 0.25) is 0 Å². The van der Waals surface area contributed by atoms with Gasteiger partial charge in [-0.3, -0.25) is 4.90 Å². The summed E-state index contributed by atoms with van der Waals surface area (Å²) in [5.74, 6) is 1.08. The summed E-state index contributed by atoms with van der Waals surface area (Å²) in [6, 6.07) is 10.4. The van der Waals surface area contributed by atoms with E-state index in [0.29, 0.717) is 12.1 Å². The van der Waals surface area contributed by atoms with Gasteiger partial charge in [-0.15, -0.1) is 0 Å². The largest absolute Gasteiger partial charge is 0.493 e. The highest BCUT2D eigenvalue weighted by atomic mass is 16.5. The van der Waals surface area contributed by atoms with E-state index in [9.17, 15) is 0 Å². The molecule has 0 saturated carbocycles. The molecule has 0 radical (unpaired) electrons. The lowest BCUT2D eigenvalue weighted by Crippen LogP contribution is -2.46. The van der Waals surface area contributed by atoms with Crippen LogP contribution in [-0.4, -0.2) is 36.7 Å². The first-order chi connectivity index (χ1) is 9.92. The van der Waals surface area contributed by atoms with E-state index in [1.165, 1.54) is 44.3 Å². The van der Waals surface area contributed by atoms with E-state index in [2.05, 4.69) is 34.5 Å². The minimum absolute atomic E-state index is 0.479. The summed E-state index contributed by atoms with van der Waals surface area (Å²) in [6.45, 7) is 3.44. The standard InChI is InChI=1S/C17H24N2O/c1-2-7-17-13(5-1)14(9-12-20-17)18-15-8-11-19-10-4-3-6-16(15)19/h1-2,5,7,14-16,18H,3-4,6,8-12H2. The normalized spacial score (nSPS) is 33.3. The van der Waals surface area contributed by atoms with Crippen LogP contribution in [-0.2, 0) is 0 Å². The van der Waals surface area contributed by atoms with Crippen LogP contribution in [0.15, 0.2) is 24.3 Å². The third-order valence-electron chi connectivity index (χ3n) is 5.23. The van der Waals surface area contributed by atoms with Crippen molar-refractivity contribution >= 4 is 0 Å². The SMILES string of the molecule is c1ccc2c(c1)OCCC2NC1CCN2CCCCC12. The van der Waals surface area contributed by atoms with Crippen molar-refractivity contribution in [3.05, 3.63) is 29.8 Å². The molecule has 3 atom stereocenters. The number of para-hydroxylation sites is 1. The fourth-order valence-electron chi connectivity index (χ4n) is 4.22. The Morgan fingerprint density at radius 1 is 1.05 bits per heavy atom.